The highest BCUT2D eigenvalue weighted by molar-refractivity contribution is 5.92. The number of aromatic nitrogens is 5. The van der Waals surface area contributed by atoms with Crippen LogP contribution in [0.3, 0.4) is 0 Å². The first-order valence-electron chi connectivity index (χ1n) is 6.87. The van der Waals surface area contributed by atoms with E-state index in [1.807, 2.05) is 0 Å². The SMILES string of the molecule is CCCNc1cncc(C(=O)NCCc2ncn(C)n2)n1. The van der Waals surface area contributed by atoms with E-state index in [-0.39, 0.29) is 5.91 Å². The van der Waals surface area contributed by atoms with Crippen LogP contribution in [0, 0.1) is 0 Å². The van der Waals surface area contributed by atoms with E-state index in [1.54, 1.807) is 24.3 Å². The molecular formula is C13H19N7O. The van der Waals surface area contributed by atoms with Crippen molar-refractivity contribution in [2.45, 2.75) is 19.8 Å². The van der Waals surface area contributed by atoms with Crippen LogP contribution in [0.2, 0.25) is 0 Å². The van der Waals surface area contributed by atoms with Gasteiger partial charge < -0.3 is 10.6 Å². The Morgan fingerprint density at radius 1 is 1.33 bits per heavy atom. The van der Waals surface area contributed by atoms with Crippen LogP contribution in [-0.2, 0) is 13.5 Å². The van der Waals surface area contributed by atoms with Crippen LogP contribution in [0.25, 0.3) is 0 Å². The summed E-state index contributed by atoms with van der Waals surface area (Å²) in [5.74, 6) is 1.05. The lowest BCUT2D eigenvalue weighted by molar-refractivity contribution is 0.0948. The van der Waals surface area contributed by atoms with E-state index in [0.717, 1.165) is 13.0 Å². The van der Waals surface area contributed by atoms with Gasteiger partial charge in [0.1, 0.15) is 17.8 Å². The Morgan fingerprint density at radius 3 is 2.90 bits per heavy atom. The van der Waals surface area contributed by atoms with E-state index in [4.69, 9.17) is 0 Å². The van der Waals surface area contributed by atoms with Crippen molar-refractivity contribution in [3.63, 3.8) is 0 Å². The maximum Gasteiger partial charge on any atom is 0.271 e. The number of anilines is 1. The molecule has 0 bridgehead atoms. The molecule has 0 fully saturated rings. The van der Waals surface area contributed by atoms with E-state index in [1.165, 1.54) is 6.20 Å². The van der Waals surface area contributed by atoms with Gasteiger partial charge in [0.05, 0.1) is 12.4 Å². The molecule has 2 heterocycles. The molecule has 2 aromatic rings. The van der Waals surface area contributed by atoms with Gasteiger partial charge in [0.2, 0.25) is 0 Å². The molecule has 8 heteroatoms. The zero-order valence-corrected chi connectivity index (χ0v) is 12.2. The second-order valence-electron chi connectivity index (χ2n) is 4.56. The third-order valence-electron chi connectivity index (χ3n) is 2.70. The average molecular weight is 289 g/mol. The van der Waals surface area contributed by atoms with E-state index in [2.05, 4.69) is 37.6 Å². The topological polar surface area (TPSA) is 97.6 Å². The van der Waals surface area contributed by atoms with Gasteiger partial charge in [-0.3, -0.25) is 14.5 Å². The van der Waals surface area contributed by atoms with Crippen LogP contribution >= 0.6 is 0 Å². The van der Waals surface area contributed by atoms with Gasteiger partial charge >= 0.3 is 0 Å². The first-order valence-corrected chi connectivity index (χ1v) is 6.87. The summed E-state index contributed by atoms with van der Waals surface area (Å²) in [7, 11) is 1.81. The van der Waals surface area contributed by atoms with Crippen molar-refractivity contribution in [1.29, 1.82) is 0 Å². The molecule has 0 saturated carbocycles. The van der Waals surface area contributed by atoms with Gasteiger partial charge in [-0.15, -0.1) is 0 Å². The van der Waals surface area contributed by atoms with Gasteiger partial charge in [-0.1, -0.05) is 6.92 Å². The maximum absolute atomic E-state index is 12.0. The van der Waals surface area contributed by atoms with Gasteiger partial charge in [-0.25, -0.2) is 9.97 Å². The minimum absolute atomic E-state index is 0.251. The number of carbonyl (C=O) groups excluding carboxylic acids is 1. The number of hydrogen-bond donors (Lipinski definition) is 2. The zero-order chi connectivity index (χ0) is 15.1. The second kappa shape index (κ2) is 7.32. The monoisotopic (exact) mass is 289 g/mol. The smallest absolute Gasteiger partial charge is 0.271 e. The van der Waals surface area contributed by atoms with Crippen LogP contribution in [-0.4, -0.2) is 43.7 Å². The quantitative estimate of drug-likeness (QED) is 0.765. The molecule has 0 aliphatic rings. The summed E-state index contributed by atoms with van der Waals surface area (Å²) in [6, 6.07) is 0. The van der Waals surface area contributed by atoms with Crippen LogP contribution in [0.1, 0.15) is 29.7 Å². The Hall–Kier alpha value is -2.51. The molecular weight excluding hydrogens is 270 g/mol. The summed E-state index contributed by atoms with van der Waals surface area (Å²) < 4.78 is 1.63. The molecule has 1 amide bonds. The fraction of sp³-hybridized carbons (Fsp3) is 0.462. The molecule has 0 aliphatic heterocycles. The molecule has 2 rings (SSSR count). The lowest BCUT2D eigenvalue weighted by Crippen LogP contribution is -2.27. The van der Waals surface area contributed by atoms with Crippen molar-refractivity contribution in [3.8, 4) is 0 Å². The fourth-order valence-electron chi connectivity index (χ4n) is 1.69. The molecule has 2 N–H and O–H groups in total. The number of carbonyl (C=O) groups is 1. The molecule has 0 saturated heterocycles. The van der Waals surface area contributed by atoms with Crippen molar-refractivity contribution in [3.05, 3.63) is 30.2 Å². The number of aryl methyl sites for hydroxylation is 1. The highest BCUT2D eigenvalue weighted by Gasteiger charge is 2.09. The van der Waals surface area contributed by atoms with Crippen LogP contribution in [0.5, 0.6) is 0 Å². The van der Waals surface area contributed by atoms with Crippen molar-refractivity contribution in [2.24, 2.45) is 7.05 Å². The number of amides is 1. The minimum Gasteiger partial charge on any atom is -0.369 e. The molecule has 0 radical (unpaired) electrons. The predicted molar refractivity (Wildman–Crippen MR) is 77.9 cm³/mol. The lowest BCUT2D eigenvalue weighted by atomic mass is 10.3. The highest BCUT2D eigenvalue weighted by atomic mass is 16.1. The molecule has 2 aromatic heterocycles. The first kappa shape index (κ1) is 14.9. The summed E-state index contributed by atoms with van der Waals surface area (Å²) in [6.45, 7) is 3.31. The Bertz CT molecular complexity index is 596. The van der Waals surface area contributed by atoms with Gasteiger partial charge in [-0.2, -0.15) is 5.10 Å². The van der Waals surface area contributed by atoms with E-state index < -0.39 is 0 Å². The Kier molecular flexibility index (Phi) is 5.19. The van der Waals surface area contributed by atoms with Crippen LogP contribution in [0.4, 0.5) is 5.82 Å². The fourth-order valence-corrected chi connectivity index (χ4v) is 1.69. The Morgan fingerprint density at radius 2 is 2.19 bits per heavy atom. The second-order valence-corrected chi connectivity index (χ2v) is 4.56. The van der Waals surface area contributed by atoms with Crippen LogP contribution in [0.15, 0.2) is 18.7 Å². The van der Waals surface area contributed by atoms with Gasteiger partial charge in [0.15, 0.2) is 5.82 Å². The molecule has 0 aliphatic carbocycles. The van der Waals surface area contributed by atoms with E-state index in [9.17, 15) is 4.79 Å². The summed E-state index contributed by atoms with van der Waals surface area (Å²) >= 11 is 0. The van der Waals surface area contributed by atoms with Gasteiger partial charge in [0.25, 0.3) is 5.91 Å². The molecule has 112 valence electrons. The summed E-state index contributed by atoms with van der Waals surface area (Å²) in [5.41, 5.74) is 0.296. The summed E-state index contributed by atoms with van der Waals surface area (Å²) in [6.07, 6.45) is 6.24. The normalized spacial score (nSPS) is 10.4. The number of hydrogen-bond acceptors (Lipinski definition) is 6. The molecule has 0 atom stereocenters. The Balaban J connectivity index is 1.85. The highest BCUT2D eigenvalue weighted by Crippen LogP contribution is 2.02. The predicted octanol–water partition coefficient (Wildman–Crippen LogP) is 0.399. The first-order chi connectivity index (χ1) is 10.2. The third-order valence-corrected chi connectivity index (χ3v) is 2.70. The summed E-state index contributed by atoms with van der Waals surface area (Å²) in [4.78, 5) is 24.3. The molecule has 0 aromatic carbocycles. The molecule has 21 heavy (non-hydrogen) atoms. The average Bonchev–Trinajstić information content (AvgIpc) is 2.91. The Labute approximate surface area is 123 Å². The molecule has 8 nitrogen and oxygen atoms in total. The maximum atomic E-state index is 12.0. The van der Waals surface area contributed by atoms with Crippen LogP contribution < -0.4 is 10.6 Å². The minimum atomic E-state index is -0.251. The number of nitrogens with zero attached hydrogens (tertiary/aromatic N) is 5. The van der Waals surface area contributed by atoms with Crippen molar-refractivity contribution in [1.82, 2.24) is 30.0 Å². The van der Waals surface area contributed by atoms with Crippen molar-refractivity contribution in [2.75, 3.05) is 18.4 Å². The van der Waals surface area contributed by atoms with Gasteiger partial charge in [0, 0.05) is 26.6 Å². The third kappa shape index (κ3) is 4.51. The molecule has 0 unspecified atom stereocenters. The van der Waals surface area contributed by atoms with Crippen molar-refractivity contribution < 1.29 is 4.79 Å². The molecule has 0 spiro atoms. The van der Waals surface area contributed by atoms with Gasteiger partial charge in [-0.05, 0) is 6.42 Å². The largest absolute Gasteiger partial charge is 0.369 e. The van der Waals surface area contributed by atoms with E-state index in [0.29, 0.717) is 30.3 Å². The van der Waals surface area contributed by atoms with Crippen molar-refractivity contribution >= 4 is 11.7 Å². The number of nitrogens with one attached hydrogen (secondary N) is 2. The standard InChI is InChI=1S/C13H19N7O/c1-3-5-15-12-8-14-7-10(18-12)13(21)16-6-4-11-17-9-20(2)19-11/h7-9H,3-6H2,1-2H3,(H,15,18)(H,16,21). The lowest BCUT2D eigenvalue weighted by Gasteiger charge is -2.06. The zero-order valence-electron chi connectivity index (χ0n) is 12.2. The summed E-state index contributed by atoms with van der Waals surface area (Å²) in [5, 5.41) is 10.0. The number of rotatable bonds is 7. The van der Waals surface area contributed by atoms with E-state index >= 15 is 0 Å².